The first kappa shape index (κ1) is 14.6. The molecule has 19 heavy (non-hydrogen) atoms. The Kier molecular flexibility index (Phi) is 4.34. The van der Waals surface area contributed by atoms with Gasteiger partial charge in [-0.3, -0.25) is 0 Å². The highest BCUT2D eigenvalue weighted by Gasteiger charge is 2.21. The van der Waals surface area contributed by atoms with Gasteiger partial charge in [-0.2, -0.15) is 0 Å². The standard InChI is InChI=1S/C14H13Cl3O2/c1-7-4-9(8(2)19-7)14(17)10-5-12(16)13(18-3)6-11(10)15/h4-6,14H,1-3H3. The van der Waals surface area contributed by atoms with Gasteiger partial charge in [0.05, 0.1) is 17.5 Å². The summed E-state index contributed by atoms with van der Waals surface area (Å²) in [5.74, 6) is 2.12. The van der Waals surface area contributed by atoms with E-state index in [1.807, 2.05) is 19.9 Å². The van der Waals surface area contributed by atoms with E-state index in [-0.39, 0.29) is 0 Å². The number of halogens is 3. The minimum absolute atomic E-state index is 0.409. The number of benzene rings is 1. The first-order valence-corrected chi connectivity index (χ1v) is 6.87. The number of rotatable bonds is 3. The average molecular weight is 320 g/mol. The Balaban J connectivity index is 2.47. The summed E-state index contributed by atoms with van der Waals surface area (Å²) in [5.41, 5.74) is 1.63. The van der Waals surface area contributed by atoms with Crippen LogP contribution in [0.15, 0.2) is 22.6 Å². The minimum atomic E-state index is -0.409. The molecule has 2 nitrogen and oxygen atoms in total. The fourth-order valence-electron chi connectivity index (χ4n) is 1.96. The molecule has 2 aromatic rings. The number of alkyl halides is 1. The van der Waals surface area contributed by atoms with Crippen molar-refractivity contribution in [3.8, 4) is 5.75 Å². The van der Waals surface area contributed by atoms with Crippen LogP contribution < -0.4 is 4.74 Å². The Bertz CT molecular complexity index is 605. The fraction of sp³-hybridized carbons (Fsp3) is 0.286. The van der Waals surface area contributed by atoms with E-state index in [0.29, 0.717) is 15.8 Å². The summed E-state index contributed by atoms with van der Waals surface area (Å²) < 4.78 is 10.6. The molecule has 0 saturated heterocycles. The van der Waals surface area contributed by atoms with Gasteiger partial charge in [0.2, 0.25) is 0 Å². The van der Waals surface area contributed by atoms with Crippen LogP contribution in [0.5, 0.6) is 5.75 Å². The molecule has 2 rings (SSSR count). The van der Waals surface area contributed by atoms with E-state index in [1.54, 1.807) is 19.2 Å². The van der Waals surface area contributed by atoms with E-state index >= 15 is 0 Å². The van der Waals surface area contributed by atoms with Gasteiger partial charge in [-0.05, 0) is 31.5 Å². The summed E-state index contributed by atoms with van der Waals surface area (Å²) in [6.45, 7) is 3.75. The maximum Gasteiger partial charge on any atom is 0.138 e. The predicted molar refractivity (Wildman–Crippen MR) is 78.9 cm³/mol. The van der Waals surface area contributed by atoms with E-state index in [4.69, 9.17) is 44.0 Å². The lowest BCUT2D eigenvalue weighted by Crippen LogP contribution is -1.96. The lowest BCUT2D eigenvalue weighted by molar-refractivity contribution is 0.415. The van der Waals surface area contributed by atoms with Gasteiger partial charge in [-0.15, -0.1) is 11.6 Å². The van der Waals surface area contributed by atoms with Crippen molar-refractivity contribution in [1.82, 2.24) is 0 Å². The number of methoxy groups -OCH3 is 1. The molecule has 0 radical (unpaired) electrons. The van der Waals surface area contributed by atoms with Gasteiger partial charge in [-0.1, -0.05) is 23.2 Å². The van der Waals surface area contributed by atoms with Crippen molar-refractivity contribution in [2.24, 2.45) is 0 Å². The van der Waals surface area contributed by atoms with E-state index in [0.717, 1.165) is 22.6 Å². The summed E-state index contributed by atoms with van der Waals surface area (Å²) in [6, 6.07) is 5.29. The zero-order valence-electron chi connectivity index (χ0n) is 10.8. The molecular formula is C14H13Cl3O2. The maximum atomic E-state index is 6.48. The lowest BCUT2D eigenvalue weighted by Gasteiger charge is -2.13. The van der Waals surface area contributed by atoms with Crippen LogP contribution >= 0.6 is 34.8 Å². The summed E-state index contributed by atoms with van der Waals surface area (Å²) in [6.07, 6.45) is 0. The Labute approximate surface area is 127 Å². The van der Waals surface area contributed by atoms with E-state index in [1.165, 1.54) is 0 Å². The van der Waals surface area contributed by atoms with Gasteiger partial charge in [0.25, 0.3) is 0 Å². The number of hydrogen-bond donors (Lipinski definition) is 0. The van der Waals surface area contributed by atoms with Crippen LogP contribution in [0.3, 0.4) is 0 Å². The largest absolute Gasteiger partial charge is 0.495 e. The fourth-order valence-corrected chi connectivity index (χ4v) is 2.93. The van der Waals surface area contributed by atoms with Gasteiger partial charge >= 0.3 is 0 Å². The molecule has 0 aliphatic rings. The van der Waals surface area contributed by atoms with Crippen molar-refractivity contribution < 1.29 is 9.15 Å². The Hall–Kier alpha value is -0.830. The molecule has 0 aliphatic heterocycles. The van der Waals surface area contributed by atoms with Gasteiger partial charge < -0.3 is 9.15 Å². The summed E-state index contributed by atoms with van der Waals surface area (Å²) in [5, 5.41) is 0.582. The number of aryl methyl sites for hydroxylation is 2. The van der Waals surface area contributed by atoms with Gasteiger partial charge in [-0.25, -0.2) is 0 Å². The molecule has 0 saturated carbocycles. The molecule has 1 heterocycles. The van der Waals surface area contributed by atoms with Gasteiger partial charge in [0, 0.05) is 16.7 Å². The molecule has 1 atom stereocenters. The van der Waals surface area contributed by atoms with Crippen molar-refractivity contribution >= 4 is 34.8 Å². The molecular weight excluding hydrogens is 307 g/mol. The van der Waals surface area contributed by atoms with E-state index in [2.05, 4.69) is 0 Å². The molecule has 1 aromatic heterocycles. The maximum absolute atomic E-state index is 6.48. The van der Waals surface area contributed by atoms with Crippen molar-refractivity contribution in [2.75, 3.05) is 7.11 Å². The van der Waals surface area contributed by atoms with E-state index in [9.17, 15) is 0 Å². The molecule has 0 N–H and O–H groups in total. The smallest absolute Gasteiger partial charge is 0.138 e. The van der Waals surface area contributed by atoms with Crippen LogP contribution in [0, 0.1) is 13.8 Å². The van der Waals surface area contributed by atoms with Crippen LogP contribution in [0.2, 0.25) is 10.0 Å². The van der Waals surface area contributed by atoms with Crippen molar-refractivity contribution in [2.45, 2.75) is 19.2 Å². The predicted octanol–water partition coefficient (Wildman–Crippen LogP) is 5.54. The van der Waals surface area contributed by atoms with Crippen molar-refractivity contribution in [1.29, 1.82) is 0 Å². The van der Waals surface area contributed by atoms with Crippen LogP contribution in [-0.4, -0.2) is 7.11 Å². The molecule has 0 amide bonds. The molecule has 1 aromatic carbocycles. The quantitative estimate of drug-likeness (QED) is 0.693. The molecule has 1 unspecified atom stereocenters. The summed E-state index contributed by atoms with van der Waals surface area (Å²) >= 11 is 18.8. The second-order valence-corrected chi connectivity index (χ2v) is 5.49. The van der Waals surface area contributed by atoms with Gasteiger partial charge in [0.15, 0.2) is 0 Å². The molecule has 0 aliphatic carbocycles. The summed E-state index contributed by atoms with van der Waals surface area (Å²) in [4.78, 5) is 0. The second-order valence-electron chi connectivity index (χ2n) is 4.24. The topological polar surface area (TPSA) is 22.4 Å². The van der Waals surface area contributed by atoms with E-state index < -0.39 is 5.38 Å². The van der Waals surface area contributed by atoms with Crippen molar-refractivity contribution in [3.63, 3.8) is 0 Å². The number of hydrogen-bond acceptors (Lipinski definition) is 2. The number of ether oxygens (including phenoxy) is 1. The third kappa shape index (κ3) is 2.86. The highest BCUT2D eigenvalue weighted by Crippen LogP contribution is 2.40. The third-order valence-electron chi connectivity index (χ3n) is 2.90. The highest BCUT2D eigenvalue weighted by molar-refractivity contribution is 6.36. The van der Waals surface area contributed by atoms with Crippen LogP contribution in [0.1, 0.15) is 28.0 Å². The zero-order valence-corrected chi connectivity index (χ0v) is 13.0. The Morgan fingerprint density at radius 1 is 1.05 bits per heavy atom. The zero-order chi connectivity index (χ0) is 14.2. The minimum Gasteiger partial charge on any atom is -0.495 e. The summed E-state index contributed by atoms with van der Waals surface area (Å²) in [7, 11) is 1.54. The highest BCUT2D eigenvalue weighted by atomic mass is 35.5. The Morgan fingerprint density at radius 2 is 1.74 bits per heavy atom. The molecule has 5 heteroatoms. The SMILES string of the molecule is COc1cc(Cl)c(C(Cl)c2cc(C)oc2C)cc1Cl. The molecule has 0 fully saturated rings. The average Bonchev–Trinajstić information content (AvgIpc) is 2.70. The van der Waals surface area contributed by atoms with Crippen LogP contribution in [0.4, 0.5) is 0 Å². The van der Waals surface area contributed by atoms with Crippen LogP contribution in [-0.2, 0) is 0 Å². The molecule has 0 bridgehead atoms. The monoisotopic (exact) mass is 318 g/mol. The first-order chi connectivity index (χ1) is 8.93. The van der Waals surface area contributed by atoms with Crippen molar-refractivity contribution in [3.05, 3.63) is 50.9 Å². The second kappa shape index (κ2) is 5.66. The van der Waals surface area contributed by atoms with Gasteiger partial charge in [0.1, 0.15) is 17.3 Å². The first-order valence-electron chi connectivity index (χ1n) is 5.68. The normalized spacial score (nSPS) is 12.5. The number of furan rings is 1. The third-order valence-corrected chi connectivity index (χ3v) is 3.99. The lowest BCUT2D eigenvalue weighted by atomic mass is 10.0. The Morgan fingerprint density at radius 3 is 2.26 bits per heavy atom. The van der Waals surface area contributed by atoms with Crippen LogP contribution in [0.25, 0.3) is 0 Å². The molecule has 0 spiro atoms. The molecule has 102 valence electrons.